The van der Waals surface area contributed by atoms with E-state index in [1.54, 1.807) is 6.20 Å². The van der Waals surface area contributed by atoms with Crippen LogP contribution < -0.4 is 5.32 Å². The Hall–Kier alpha value is -3.33. The van der Waals surface area contributed by atoms with Crippen LogP contribution in [0.1, 0.15) is 12.8 Å². The molecule has 3 aliphatic carbocycles. The predicted molar refractivity (Wildman–Crippen MR) is 116 cm³/mol. The van der Waals surface area contributed by atoms with Gasteiger partial charge in [0.05, 0.1) is 22.3 Å². The van der Waals surface area contributed by atoms with E-state index in [-0.39, 0.29) is 17.9 Å². The second-order valence-corrected chi connectivity index (χ2v) is 9.02. The first-order valence-electron chi connectivity index (χ1n) is 10.1. The maximum atomic E-state index is 13.8. The number of carboxylic acids is 1. The second-order valence-electron chi connectivity index (χ2n) is 8.11. The second kappa shape index (κ2) is 6.84. The van der Waals surface area contributed by atoms with E-state index in [0.717, 1.165) is 29.3 Å². The van der Waals surface area contributed by atoms with E-state index in [4.69, 9.17) is 4.98 Å². The van der Waals surface area contributed by atoms with Crippen molar-refractivity contribution in [3.8, 4) is 11.4 Å². The number of fused-ring (bicyclic) bond motifs is 4. The van der Waals surface area contributed by atoms with Crippen molar-refractivity contribution in [3.63, 3.8) is 0 Å². The van der Waals surface area contributed by atoms with Crippen molar-refractivity contribution in [1.82, 2.24) is 19.9 Å². The fourth-order valence-corrected chi connectivity index (χ4v) is 5.71. The van der Waals surface area contributed by atoms with Crippen LogP contribution in [0, 0.1) is 23.6 Å². The number of H-pyrrole nitrogens is 1. The van der Waals surface area contributed by atoms with Gasteiger partial charge in [-0.15, -0.1) is 11.3 Å². The molecule has 7 rings (SSSR count). The lowest BCUT2D eigenvalue weighted by molar-refractivity contribution is -0.145. The van der Waals surface area contributed by atoms with Gasteiger partial charge >= 0.3 is 5.97 Å². The molecule has 0 amide bonds. The third kappa shape index (κ3) is 2.91. The van der Waals surface area contributed by atoms with Crippen molar-refractivity contribution >= 4 is 44.4 Å². The van der Waals surface area contributed by atoms with Gasteiger partial charge < -0.3 is 15.4 Å². The lowest BCUT2D eigenvalue weighted by atomic mass is 9.66. The Balaban J connectivity index is 1.47. The number of aromatic nitrogens is 4. The number of anilines is 1. The SMILES string of the molecule is O=C(O)[C@H]1C2C=CC(CC2)[C@@H]1Nc1nc(-c2c[nH]c3ncc(F)cc23)nc2ccsc12. The van der Waals surface area contributed by atoms with Gasteiger partial charge in [0.2, 0.25) is 0 Å². The van der Waals surface area contributed by atoms with Gasteiger partial charge in [-0.2, -0.15) is 0 Å². The molecule has 7 nitrogen and oxygen atoms in total. The monoisotopic (exact) mass is 435 g/mol. The molecule has 0 radical (unpaired) electrons. The van der Waals surface area contributed by atoms with E-state index in [1.807, 2.05) is 17.5 Å². The van der Waals surface area contributed by atoms with Gasteiger partial charge in [-0.25, -0.2) is 19.3 Å². The van der Waals surface area contributed by atoms with Crippen molar-refractivity contribution in [2.24, 2.45) is 17.8 Å². The summed E-state index contributed by atoms with van der Waals surface area (Å²) < 4.78 is 14.7. The van der Waals surface area contributed by atoms with E-state index in [9.17, 15) is 14.3 Å². The van der Waals surface area contributed by atoms with Crippen molar-refractivity contribution in [2.75, 3.05) is 5.32 Å². The van der Waals surface area contributed by atoms with Gasteiger partial charge in [0.1, 0.15) is 17.3 Å². The summed E-state index contributed by atoms with van der Waals surface area (Å²) in [6, 6.07) is 3.08. The minimum atomic E-state index is -0.786. The molecule has 4 atom stereocenters. The molecule has 4 aromatic heterocycles. The summed E-state index contributed by atoms with van der Waals surface area (Å²) in [6.07, 6.45) is 8.92. The molecule has 4 aromatic rings. The molecule has 9 heteroatoms. The van der Waals surface area contributed by atoms with E-state index >= 15 is 0 Å². The first-order valence-corrected chi connectivity index (χ1v) is 11.0. The molecular formula is C22H18FN5O2S. The molecule has 31 heavy (non-hydrogen) atoms. The number of aromatic amines is 1. The highest BCUT2D eigenvalue weighted by Crippen LogP contribution is 2.43. The zero-order valence-electron chi connectivity index (χ0n) is 16.2. The number of rotatable bonds is 4. The molecule has 2 bridgehead atoms. The highest BCUT2D eigenvalue weighted by molar-refractivity contribution is 7.17. The van der Waals surface area contributed by atoms with E-state index in [2.05, 4.69) is 26.3 Å². The van der Waals surface area contributed by atoms with Crippen LogP contribution in [0.25, 0.3) is 32.6 Å². The third-order valence-electron chi connectivity index (χ3n) is 6.38. The standard InChI is InChI=1S/C22H18FN5O2S/c23-12-7-13-14(9-25-19(13)24-8-12)20-26-15-5-6-31-18(15)21(28-20)27-17-11-3-1-10(2-4-11)16(17)22(29)30/h1,3,5-11,16-17H,2,4H2,(H,24,25)(H,29,30)(H,26,27,28)/t10?,11?,16-,17-/m0/s1. The summed E-state index contributed by atoms with van der Waals surface area (Å²) in [7, 11) is 0. The lowest BCUT2D eigenvalue weighted by Crippen LogP contribution is -2.49. The van der Waals surface area contributed by atoms with Crippen LogP contribution in [0.15, 0.2) is 42.1 Å². The van der Waals surface area contributed by atoms with Gasteiger partial charge in [-0.05, 0) is 42.2 Å². The number of carbonyl (C=O) groups is 1. The highest BCUT2D eigenvalue weighted by Gasteiger charge is 2.45. The van der Waals surface area contributed by atoms with E-state index in [0.29, 0.717) is 28.2 Å². The third-order valence-corrected chi connectivity index (χ3v) is 7.29. The summed E-state index contributed by atoms with van der Waals surface area (Å²) in [6.45, 7) is 0. The number of hydrogen-bond acceptors (Lipinski definition) is 6. The van der Waals surface area contributed by atoms with Crippen LogP contribution in [0.4, 0.5) is 10.2 Å². The molecule has 0 saturated heterocycles. The van der Waals surface area contributed by atoms with Crippen LogP contribution in [0.3, 0.4) is 0 Å². The van der Waals surface area contributed by atoms with Gasteiger partial charge in [-0.3, -0.25) is 4.79 Å². The minimum absolute atomic E-state index is 0.0304. The molecular weight excluding hydrogens is 417 g/mol. The smallest absolute Gasteiger partial charge is 0.309 e. The van der Waals surface area contributed by atoms with Crippen LogP contribution in [-0.4, -0.2) is 37.1 Å². The van der Waals surface area contributed by atoms with E-state index in [1.165, 1.54) is 17.4 Å². The Kier molecular flexibility index (Phi) is 4.07. The summed E-state index contributed by atoms with van der Waals surface area (Å²) in [5.41, 5.74) is 1.97. The van der Waals surface area contributed by atoms with Crippen molar-refractivity contribution in [1.29, 1.82) is 0 Å². The fraction of sp³-hybridized carbons (Fsp3) is 0.273. The van der Waals surface area contributed by atoms with Crippen LogP contribution >= 0.6 is 11.3 Å². The first-order chi connectivity index (χ1) is 15.1. The zero-order valence-corrected chi connectivity index (χ0v) is 17.1. The van der Waals surface area contributed by atoms with Crippen molar-refractivity contribution in [3.05, 3.63) is 47.9 Å². The summed E-state index contributed by atoms with van der Waals surface area (Å²) in [4.78, 5) is 28.6. The predicted octanol–water partition coefficient (Wildman–Crippen LogP) is 4.45. The summed E-state index contributed by atoms with van der Waals surface area (Å²) >= 11 is 1.51. The summed E-state index contributed by atoms with van der Waals surface area (Å²) in [5.74, 6) is -0.484. The van der Waals surface area contributed by atoms with Crippen LogP contribution in [0.5, 0.6) is 0 Å². The molecule has 0 aromatic carbocycles. The molecule has 1 saturated carbocycles. The number of aliphatic carboxylic acids is 1. The molecule has 0 aliphatic heterocycles. The maximum absolute atomic E-state index is 13.8. The molecule has 156 valence electrons. The molecule has 2 unspecified atom stereocenters. The van der Waals surface area contributed by atoms with Crippen molar-refractivity contribution in [2.45, 2.75) is 18.9 Å². The Labute approximate surface area is 180 Å². The van der Waals surface area contributed by atoms with E-state index < -0.39 is 17.7 Å². The Bertz CT molecular complexity index is 1360. The Morgan fingerprint density at radius 2 is 2.10 bits per heavy atom. The molecule has 3 aliphatic rings. The quantitative estimate of drug-likeness (QED) is 0.409. The van der Waals surface area contributed by atoms with Crippen molar-refractivity contribution < 1.29 is 14.3 Å². The maximum Gasteiger partial charge on any atom is 0.309 e. The number of nitrogens with one attached hydrogen (secondary N) is 2. The number of thiophene rings is 1. The van der Waals surface area contributed by atoms with Crippen LogP contribution in [0.2, 0.25) is 0 Å². The minimum Gasteiger partial charge on any atom is -0.481 e. The topological polar surface area (TPSA) is 104 Å². The highest BCUT2D eigenvalue weighted by atomic mass is 32.1. The summed E-state index contributed by atoms with van der Waals surface area (Å²) in [5, 5.41) is 15.9. The van der Waals surface area contributed by atoms with Gasteiger partial charge in [-0.1, -0.05) is 12.2 Å². The average molecular weight is 435 g/mol. The number of nitrogens with zero attached hydrogens (tertiary/aromatic N) is 3. The van der Waals surface area contributed by atoms with Gasteiger partial charge in [0.15, 0.2) is 5.82 Å². The van der Waals surface area contributed by atoms with Crippen LogP contribution in [-0.2, 0) is 4.79 Å². The normalized spacial score (nSPS) is 24.8. The fourth-order valence-electron chi connectivity index (χ4n) is 4.93. The average Bonchev–Trinajstić information content (AvgIpc) is 3.41. The Morgan fingerprint density at radius 3 is 2.90 bits per heavy atom. The van der Waals surface area contributed by atoms with Gasteiger partial charge in [0, 0.05) is 23.2 Å². The lowest BCUT2D eigenvalue weighted by Gasteiger charge is -2.43. The molecule has 3 N–H and O–H groups in total. The zero-order chi connectivity index (χ0) is 21.1. The molecule has 1 fully saturated rings. The van der Waals surface area contributed by atoms with Gasteiger partial charge in [0.25, 0.3) is 0 Å². The number of carboxylic acid groups (broad SMARTS) is 1. The number of allylic oxidation sites excluding steroid dienone is 1. The largest absolute Gasteiger partial charge is 0.481 e. The number of hydrogen-bond donors (Lipinski definition) is 3. The molecule has 0 spiro atoms. The Morgan fingerprint density at radius 1 is 1.26 bits per heavy atom. The molecule has 4 heterocycles. The number of halogens is 1. The number of pyridine rings is 1. The first kappa shape index (κ1) is 18.4.